The summed E-state index contributed by atoms with van der Waals surface area (Å²) < 4.78 is 27.8. The molecule has 0 unspecified atom stereocenters. The van der Waals surface area contributed by atoms with E-state index in [1.807, 2.05) is 50.6 Å². The van der Waals surface area contributed by atoms with Crippen molar-refractivity contribution >= 4 is 24.5 Å². The highest BCUT2D eigenvalue weighted by Crippen LogP contribution is 2.39. The lowest BCUT2D eigenvalue weighted by molar-refractivity contribution is 0.00578. The van der Waals surface area contributed by atoms with E-state index in [2.05, 4.69) is 16.8 Å². The third kappa shape index (κ3) is 4.04. The maximum absolute atomic E-state index is 14.5. The molecule has 25 heavy (non-hydrogen) atoms. The monoisotopic (exact) mass is 358 g/mol. The lowest BCUT2D eigenvalue weighted by Crippen LogP contribution is -2.41. The van der Waals surface area contributed by atoms with Crippen molar-refractivity contribution in [1.29, 1.82) is 0 Å². The second-order valence-corrected chi connectivity index (χ2v) is 7.97. The van der Waals surface area contributed by atoms with Gasteiger partial charge < -0.3 is 13.9 Å². The Morgan fingerprint density at radius 3 is 2.68 bits per heavy atom. The van der Waals surface area contributed by atoms with Gasteiger partial charge in [-0.25, -0.2) is 9.37 Å². The Morgan fingerprint density at radius 1 is 1.32 bits per heavy atom. The molecule has 7 heteroatoms. The van der Waals surface area contributed by atoms with Crippen LogP contribution in [-0.2, 0) is 15.9 Å². The minimum Gasteiger partial charge on any atom is -0.398 e. The summed E-state index contributed by atoms with van der Waals surface area (Å²) in [5.41, 5.74) is -1.54. The van der Waals surface area contributed by atoms with Gasteiger partial charge in [-0.3, -0.25) is 0 Å². The summed E-state index contributed by atoms with van der Waals surface area (Å²) in [7, 11) is -0.970. The maximum Gasteiger partial charge on any atom is 0.525 e. The Labute approximate surface area is 151 Å². The summed E-state index contributed by atoms with van der Waals surface area (Å²) >= 11 is 1.43. The molecule has 1 aliphatic heterocycles. The van der Waals surface area contributed by atoms with Gasteiger partial charge in [-0.1, -0.05) is 11.8 Å². The zero-order valence-electron chi connectivity index (χ0n) is 14.7. The molecule has 0 N–H and O–H groups in total. The zero-order chi connectivity index (χ0) is 18.1. The Balaban J connectivity index is 1.66. The van der Waals surface area contributed by atoms with Crippen molar-refractivity contribution in [2.45, 2.75) is 45.4 Å². The van der Waals surface area contributed by atoms with Crippen molar-refractivity contribution in [2.24, 2.45) is 0 Å². The molecule has 0 radical (unpaired) electrons. The first-order chi connectivity index (χ1) is 11.8. The standard InChI is InChI=1S/C18H20BFN2O2S/c1-17(2)18(3,4)24-19(23-17)16(20)12-15-8-7-14(25-15)6-5-10-22-11-9-21-13-22/h7-9,11-13H,10H2,1-4H3. The van der Waals surface area contributed by atoms with Crippen molar-refractivity contribution in [2.75, 3.05) is 0 Å². The average Bonchev–Trinajstić information content (AvgIpc) is 3.21. The molecule has 0 atom stereocenters. The molecule has 0 aromatic carbocycles. The fourth-order valence-corrected chi connectivity index (χ4v) is 3.08. The van der Waals surface area contributed by atoms with Crippen LogP contribution in [0.4, 0.5) is 4.39 Å². The molecule has 1 fully saturated rings. The fraction of sp³-hybridized carbons (Fsp3) is 0.389. The van der Waals surface area contributed by atoms with E-state index in [9.17, 15) is 4.39 Å². The Bertz CT molecular complexity index is 815. The van der Waals surface area contributed by atoms with Crippen LogP contribution in [0.3, 0.4) is 0 Å². The molecule has 0 bridgehead atoms. The highest BCUT2D eigenvalue weighted by Gasteiger charge is 2.53. The molecule has 3 rings (SSSR count). The molecule has 2 aromatic heterocycles. The molecule has 0 amide bonds. The topological polar surface area (TPSA) is 36.3 Å². The molecule has 3 heterocycles. The molecule has 0 spiro atoms. The first kappa shape index (κ1) is 17.9. The van der Waals surface area contributed by atoms with Gasteiger partial charge in [0.05, 0.1) is 29.0 Å². The number of nitrogens with zero attached hydrogens (tertiary/aromatic N) is 2. The maximum atomic E-state index is 14.5. The van der Waals surface area contributed by atoms with Crippen LogP contribution in [0.15, 0.2) is 36.6 Å². The Morgan fingerprint density at radius 2 is 2.04 bits per heavy atom. The second kappa shape index (κ2) is 6.79. The number of imidazole rings is 1. The number of halogens is 1. The summed E-state index contributed by atoms with van der Waals surface area (Å²) in [5, 5.41) is 0. The van der Waals surface area contributed by atoms with Crippen LogP contribution >= 0.6 is 11.3 Å². The van der Waals surface area contributed by atoms with Gasteiger partial charge >= 0.3 is 7.12 Å². The summed E-state index contributed by atoms with van der Waals surface area (Å²) in [6.45, 7) is 8.18. The van der Waals surface area contributed by atoms with E-state index in [0.717, 1.165) is 9.75 Å². The van der Waals surface area contributed by atoms with E-state index in [4.69, 9.17) is 9.31 Å². The fourth-order valence-electron chi connectivity index (χ4n) is 2.26. The van der Waals surface area contributed by atoms with Crippen LogP contribution in [-0.4, -0.2) is 27.9 Å². The normalized spacial score (nSPS) is 18.9. The molecule has 0 saturated carbocycles. The van der Waals surface area contributed by atoms with Crippen LogP contribution in [0.1, 0.15) is 37.4 Å². The van der Waals surface area contributed by atoms with Crippen molar-refractivity contribution in [3.8, 4) is 11.8 Å². The smallest absolute Gasteiger partial charge is 0.398 e. The van der Waals surface area contributed by atoms with Crippen LogP contribution < -0.4 is 0 Å². The van der Waals surface area contributed by atoms with E-state index in [1.165, 1.54) is 17.4 Å². The van der Waals surface area contributed by atoms with Gasteiger partial charge in [0, 0.05) is 17.3 Å². The second-order valence-electron chi connectivity index (χ2n) is 6.86. The number of aromatic nitrogens is 2. The molecular formula is C18H20BFN2O2S. The van der Waals surface area contributed by atoms with Gasteiger partial charge in [0.2, 0.25) is 0 Å². The predicted octanol–water partition coefficient (Wildman–Crippen LogP) is 3.94. The third-order valence-electron chi connectivity index (χ3n) is 4.42. The van der Waals surface area contributed by atoms with Crippen LogP contribution in [0, 0.1) is 11.8 Å². The van der Waals surface area contributed by atoms with E-state index in [1.54, 1.807) is 12.5 Å². The molecule has 0 aliphatic carbocycles. The molecule has 1 saturated heterocycles. The van der Waals surface area contributed by atoms with Crippen LogP contribution in [0.5, 0.6) is 0 Å². The van der Waals surface area contributed by atoms with Crippen molar-refractivity contribution in [3.05, 3.63) is 46.3 Å². The average molecular weight is 358 g/mol. The largest absolute Gasteiger partial charge is 0.525 e. The van der Waals surface area contributed by atoms with Gasteiger partial charge in [-0.05, 0) is 45.9 Å². The van der Waals surface area contributed by atoms with Gasteiger partial charge in [0.1, 0.15) is 5.73 Å². The number of hydrogen-bond acceptors (Lipinski definition) is 4. The van der Waals surface area contributed by atoms with Gasteiger partial charge in [-0.2, -0.15) is 0 Å². The number of thiophene rings is 1. The SMILES string of the molecule is CC1(C)OB(C(F)=Cc2ccc(C#CCn3ccnc3)s2)OC1(C)C. The minimum atomic E-state index is -0.970. The predicted molar refractivity (Wildman–Crippen MR) is 98.6 cm³/mol. The van der Waals surface area contributed by atoms with Gasteiger partial charge in [-0.15, -0.1) is 11.3 Å². The van der Waals surface area contributed by atoms with Crippen LogP contribution in [0.25, 0.3) is 6.08 Å². The highest BCUT2D eigenvalue weighted by molar-refractivity contribution is 7.13. The first-order valence-electron chi connectivity index (χ1n) is 8.04. The summed E-state index contributed by atoms with van der Waals surface area (Å²) in [5.74, 6) is 6.14. The summed E-state index contributed by atoms with van der Waals surface area (Å²) in [6.07, 6.45) is 6.75. The minimum absolute atomic E-state index is 0.432. The number of rotatable bonds is 3. The zero-order valence-corrected chi connectivity index (χ0v) is 15.6. The first-order valence-corrected chi connectivity index (χ1v) is 8.86. The van der Waals surface area contributed by atoms with Crippen molar-refractivity contribution < 1.29 is 13.7 Å². The van der Waals surface area contributed by atoms with E-state index >= 15 is 0 Å². The van der Waals surface area contributed by atoms with Gasteiger partial charge in [0.15, 0.2) is 0 Å². The third-order valence-corrected chi connectivity index (χ3v) is 5.37. The summed E-state index contributed by atoms with van der Waals surface area (Å²) in [6, 6.07) is 3.73. The molecule has 2 aromatic rings. The molecule has 1 aliphatic rings. The van der Waals surface area contributed by atoms with E-state index in [-0.39, 0.29) is 0 Å². The van der Waals surface area contributed by atoms with Crippen molar-refractivity contribution in [3.63, 3.8) is 0 Å². The van der Waals surface area contributed by atoms with E-state index in [0.29, 0.717) is 6.54 Å². The summed E-state index contributed by atoms with van der Waals surface area (Å²) in [4.78, 5) is 5.63. The quantitative estimate of drug-likeness (QED) is 0.616. The van der Waals surface area contributed by atoms with E-state index < -0.39 is 24.0 Å². The Kier molecular flexibility index (Phi) is 4.87. The lowest BCUT2D eigenvalue weighted by atomic mass is 9.87. The Hall–Kier alpha value is -1.88. The van der Waals surface area contributed by atoms with Crippen molar-refractivity contribution in [1.82, 2.24) is 9.55 Å². The lowest BCUT2D eigenvalue weighted by Gasteiger charge is -2.32. The molecule has 130 valence electrons. The van der Waals surface area contributed by atoms with Gasteiger partial charge in [0.25, 0.3) is 0 Å². The highest BCUT2D eigenvalue weighted by atomic mass is 32.1. The van der Waals surface area contributed by atoms with Crippen LogP contribution in [0.2, 0.25) is 0 Å². The molecular weight excluding hydrogens is 338 g/mol. The molecule has 4 nitrogen and oxygen atoms in total. The number of hydrogen-bond donors (Lipinski definition) is 0.